The molecule has 0 aliphatic carbocycles. The first kappa shape index (κ1) is 11.5. The van der Waals surface area contributed by atoms with Crippen molar-refractivity contribution in [1.82, 2.24) is 5.32 Å². The largest absolute Gasteiger partial charge is 0.378 e. The van der Waals surface area contributed by atoms with Gasteiger partial charge >= 0.3 is 0 Å². The van der Waals surface area contributed by atoms with Crippen molar-refractivity contribution in [2.45, 2.75) is 26.3 Å². The number of hydrogen-bond donors (Lipinski definition) is 1. The van der Waals surface area contributed by atoms with Gasteiger partial charge in [-0.15, -0.1) is 0 Å². The van der Waals surface area contributed by atoms with Gasteiger partial charge in [0, 0.05) is 25.8 Å². The van der Waals surface area contributed by atoms with Gasteiger partial charge in [-0.2, -0.15) is 0 Å². The molecule has 1 N–H and O–H groups in total. The van der Waals surface area contributed by atoms with Crippen LogP contribution in [0.1, 0.15) is 31.0 Å². The summed E-state index contributed by atoms with van der Waals surface area (Å²) in [6.45, 7) is 5.68. The van der Waals surface area contributed by atoms with Gasteiger partial charge in [0.25, 0.3) is 0 Å². The highest BCUT2D eigenvalue weighted by molar-refractivity contribution is 5.51. The minimum atomic E-state index is 0.517. The second-order valence-electron chi connectivity index (χ2n) is 5.20. The van der Waals surface area contributed by atoms with Gasteiger partial charge < -0.3 is 10.2 Å². The third kappa shape index (κ3) is 2.07. The Morgan fingerprint density at radius 3 is 2.69 bits per heavy atom. The Labute approximate surface area is 98.7 Å². The Kier molecular flexibility index (Phi) is 3.20. The SMILES string of the molecule is CC(C)C1NCCc2ccc(N(C)C)cc21. The number of benzene rings is 1. The number of nitrogens with one attached hydrogen (secondary N) is 1. The van der Waals surface area contributed by atoms with Crippen LogP contribution in [-0.2, 0) is 6.42 Å². The smallest absolute Gasteiger partial charge is 0.0364 e. The minimum absolute atomic E-state index is 0.517. The van der Waals surface area contributed by atoms with Crippen LogP contribution in [0, 0.1) is 5.92 Å². The van der Waals surface area contributed by atoms with Crippen LogP contribution in [0.15, 0.2) is 18.2 Å². The van der Waals surface area contributed by atoms with Gasteiger partial charge in [0.05, 0.1) is 0 Å². The molecule has 2 nitrogen and oxygen atoms in total. The summed E-state index contributed by atoms with van der Waals surface area (Å²) in [6, 6.07) is 7.37. The van der Waals surface area contributed by atoms with Crippen molar-refractivity contribution in [2.75, 3.05) is 25.5 Å². The second-order valence-corrected chi connectivity index (χ2v) is 5.20. The molecule has 2 heteroatoms. The number of hydrogen-bond acceptors (Lipinski definition) is 2. The van der Waals surface area contributed by atoms with Gasteiger partial charge in [0.2, 0.25) is 0 Å². The van der Waals surface area contributed by atoms with Crippen LogP contribution in [-0.4, -0.2) is 20.6 Å². The van der Waals surface area contributed by atoms with Crippen molar-refractivity contribution in [1.29, 1.82) is 0 Å². The maximum atomic E-state index is 3.62. The van der Waals surface area contributed by atoms with Crippen LogP contribution >= 0.6 is 0 Å². The lowest BCUT2D eigenvalue weighted by Crippen LogP contribution is -2.33. The van der Waals surface area contributed by atoms with Gasteiger partial charge in [0.15, 0.2) is 0 Å². The number of fused-ring (bicyclic) bond motifs is 1. The summed E-state index contributed by atoms with van der Waals surface area (Å²) in [7, 11) is 4.20. The van der Waals surface area contributed by atoms with Gasteiger partial charge in [-0.3, -0.25) is 0 Å². The molecule has 0 bridgehead atoms. The highest BCUT2D eigenvalue weighted by Gasteiger charge is 2.22. The van der Waals surface area contributed by atoms with E-state index in [0.29, 0.717) is 12.0 Å². The van der Waals surface area contributed by atoms with Gasteiger partial charge in [-0.05, 0) is 42.1 Å². The molecule has 0 spiro atoms. The van der Waals surface area contributed by atoms with Crippen LogP contribution in [0.5, 0.6) is 0 Å². The van der Waals surface area contributed by atoms with E-state index in [9.17, 15) is 0 Å². The summed E-state index contributed by atoms with van der Waals surface area (Å²) >= 11 is 0. The molecule has 1 aromatic rings. The second kappa shape index (κ2) is 4.46. The zero-order valence-electron chi connectivity index (χ0n) is 10.7. The molecule has 0 radical (unpaired) electrons. The van der Waals surface area contributed by atoms with E-state index in [1.165, 1.54) is 16.8 Å². The summed E-state index contributed by atoms with van der Waals surface area (Å²) in [5, 5.41) is 3.62. The molecule has 0 fully saturated rings. The Hall–Kier alpha value is -1.02. The summed E-state index contributed by atoms with van der Waals surface area (Å²) in [6.07, 6.45) is 1.16. The van der Waals surface area contributed by atoms with Crippen molar-refractivity contribution >= 4 is 5.69 Å². The third-order valence-electron chi connectivity index (χ3n) is 3.41. The zero-order valence-corrected chi connectivity index (χ0v) is 10.7. The monoisotopic (exact) mass is 218 g/mol. The quantitative estimate of drug-likeness (QED) is 0.821. The fourth-order valence-electron chi connectivity index (χ4n) is 2.44. The number of nitrogens with zero attached hydrogens (tertiary/aromatic N) is 1. The molecule has 1 heterocycles. The van der Waals surface area contributed by atoms with Crippen LogP contribution in [0.3, 0.4) is 0 Å². The standard InChI is InChI=1S/C14H22N2/c1-10(2)14-13-9-12(16(3)4)6-5-11(13)7-8-15-14/h5-6,9-10,14-15H,7-8H2,1-4H3. The van der Waals surface area contributed by atoms with Crippen LogP contribution in [0.2, 0.25) is 0 Å². The van der Waals surface area contributed by atoms with E-state index in [-0.39, 0.29) is 0 Å². The van der Waals surface area contributed by atoms with E-state index in [0.717, 1.165) is 13.0 Å². The molecule has 2 rings (SSSR count). The summed E-state index contributed by atoms with van der Waals surface area (Å²) in [5.41, 5.74) is 4.31. The highest BCUT2D eigenvalue weighted by atomic mass is 15.1. The highest BCUT2D eigenvalue weighted by Crippen LogP contribution is 2.31. The number of rotatable bonds is 2. The van der Waals surface area contributed by atoms with E-state index >= 15 is 0 Å². The minimum Gasteiger partial charge on any atom is -0.378 e. The predicted molar refractivity (Wildman–Crippen MR) is 70.1 cm³/mol. The fourth-order valence-corrected chi connectivity index (χ4v) is 2.44. The Balaban J connectivity index is 2.40. The molecule has 16 heavy (non-hydrogen) atoms. The molecule has 0 saturated carbocycles. The molecule has 1 aliphatic heterocycles. The van der Waals surface area contributed by atoms with E-state index in [1.807, 2.05) is 0 Å². The van der Waals surface area contributed by atoms with Gasteiger partial charge in [-0.1, -0.05) is 19.9 Å². The molecular weight excluding hydrogens is 196 g/mol. The van der Waals surface area contributed by atoms with Gasteiger partial charge in [0.1, 0.15) is 0 Å². The molecule has 1 atom stereocenters. The summed E-state index contributed by atoms with van der Waals surface area (Å²) < 4.78 is 0. The lowest BCUT2D eigenvalue weighted by molar-refractivity contribution is 0.395. The summed E-state index contributed by atoms with van der Waals surface area (Å²) in [4.78, 5) is 2.17. The maximum Gasteiger partial charge on any atom is 0.0364 e. The average Bonchev–Trinajstić information content (AvgIpc) is 2.27. The first-order chi connectivity index (χ1) is 7.59. The first-order valence-electron chi connectivity index (χ1n) is 6.13. The predicted octanol–water partition coefficient (Wildman–Crippen LogP) is 2.60. The molecule has 1 aromatic carbocycles. The third-order valence-corrected chi connectivity index (χ3v) is 3.41. The van der Waals surface area contributed by atoms with Crippen molar-refractivity contribution < 1.29 is 0 Å². The Morgan fingerprint density at radius 1 is 1.31 bits per heavy atom. The first-order valence-corrected chi connectivity index (χ1v) is 6.13. The van der Waals surface area contributed by atoms with Crippen molar-refractivity contribution in [3.05, 3.63) is 29.3 Å². The van der Waals surface area contributed by atoms with Gasteiger partial charge in [-0.25, -0.2) is 0 Å². The molecule has 0 amide bonds. The summed E-state index contributed by atoms with van der Waals surface area (Å²) in [5.74, 6) is 0.650. The lowest BCUT2D eigenvalue weighted by atomic mass is 9.87. The van der Waals surface area contributed by atoms with E-state index < -0.39 is 0 Å². The van der Waals surface area contributed by atoms with E-state index in [4.69, 9.17) is 0 Å². The normalized spacial score (nSPS) is 19.7. The lowest BCUT2D eigenvalue weighted by Gasteiger charge is -2.31. The van der Waals surface area contributed by atoms with E-state index in [2.05, 4.69) is 56.4 Å². The molecule has 1 aliphatic rings. The van der Waals surface area contributed by atoms with E-state index in [1.54, 1.807) is 0 Å². The molecule has 88 valence electrons. The van der Waals surface area contributed by atoms with Crippen molar-refractivity contribution in [3.8, 4) is 0 Å². The zero-order chi connectivity index (χ0) is 11.7. The van der Waals surface area contributed by atoms with Crippen LogP contribution in [0.25, 0.3) is 0 Å². The fraction of sp³-hybridized carbons (Fsp3) is 0.571. The average molecular weight is 218 g/mol. The van der Waals surface area contributed by atoms with Crippen LogP contribution in [0.4, 0.5) is 5.69 Å². The molecule has 0 aromatic heterocycles. The van der Waals surface area contributed by atoms with Crippen molar-refractivity contribution in [3.63, 3.8) is 0 Å². The number of anilines is 1. The maximum absolute atomic E-state index is 3.62. The molecule has 0 saturated heterocycles. The Bertz CT molecular complexity index is 369. The molecule has 1 unspecified atom stereocenters. The molecular formula is C14H22N2. The Morgan fingerprint density at radius 2 is 2.06 bits per heavy atom. The van der Waals surface area contributed by atoms with Crippen LogP contribution < -0.4 is 10.2 Å². The topological polar surface area (TPSA) is 15.3 Å². The van der Waals surface area contributed by atoms with Crippen molar-refractivity contribution in [2.24, 2.45) is 5.92 Å².